The van der Waals surface area contributed by atoms with Gasteiger partial charge in [0.1, 0.15) is 5.60 Å². The van der Waals surface area contributed by atoms with E-state index in [4.69, 9.17) is 5.90 Å². The van der Waals surface area contributed by atoms with Gasteiger partial charge >= 0.3 is 0 Å². The van der Waals surface area contributed by atoms with Crippen LogP contribution in [0.25, 0.3) is 0 Å². The Morgan fingerprint density at radius 1 is 1.45 bits per heavy atom. The smallest absolute Gasteiger partial charge is 0.264 e. The molecule has 0 unspecified atom stereocenters. The van der Waals surface area contributed by atoms with Gasteiger partial charge in [0.15, 0.2) is 0 Å². The largest absolute Gasteiger partial charge is 0.296 e. The average Bonchev–Trinajstić information content (AvgIpc) is 1.83. The first-order chi connectivity index (χ1) is 4.77. The fourth-order valence-corrected chi connectivity index (χ4v) is 0.781. The van der Waals surface area contributed by atoms with E-state index in [2.05, 4.69) is 9.02 Å². The highest BCUT2D eigenvalue weighted by Gasteiger charge is 2.20. The lowest BCUT2D eigenvalue weighted by molar-refractivity contribution is -0.0474. The van der Waals surface area contributed by atoms with Gasteiger partial charge < -0.3 is 0 Å². The molecular formula is C5H13NO4S. The third kappa shape index (κ3) is 6.24. The van der Waals surface area contributed by atoms with Crippen LogP contribution < -0.4 is 5.90 Å². The zero-order valence-corrected chi connectivity index (χ0v) is 7.64. The molecule has 0 aliphatic carbocycles. The van der Waals surface area contributed by atoms with Crippen LogP contribution in [0.3, 0.4) is 0 Å². The molecule has 0 aromatic carbocycles. The Morgan fingerprint density at radius 2 is 1.91 bits per heavy atom. The maximum absolute atomic E-state index is 10.5. The summed E-state index contributed by atoms with van der Waals surface area (Å²) in [5.41, 5.74) is -0.775. The molecule has 0 atom stereocenters. The summed E-state index contributed by atoms with van der Waals surface area (Å²) < 4.78 is 25.4. The molecule has 0 fully saturated rings. The molecule has 0 aromatic rings. The monoisotopic (exact) mass is 183 g/mol. The molecule has 0 aliphatic heterocycles. The molecule has 0 rings (SSSR count). The molecule has 0 aliphatic rings. The van der Waals surface area contributed by atoms with Gasteiger partial charge in [-0.05, 0) is 13.8 Å². The van der Waals surface area contributed by atoms with Crippen molar-refractivity contribution < 1.29 is 17.4 Å². The minimum absolute atomic E-state index is 0.0810. The van der Waals surface area contributed by atoms with Crippen LogP contribution in [-0.4, -0.2) is 26.9 Å². The molecule has 0 saturated heterocycles. The van der Waals surface area contributed by atoms with Gasteiger partial charge in [0.2, 0.25) is 0 Å². The normalized spacial score (nSPS) is 13.5. The van der Waals surface area contributed by atoms with Crippen molar-refractivity contribution >= 4 is 10.1 Å². The van der Waals surface area contributed by atoms with Gasteiger partial charge in [-0.15, -0.1) is 0 Å². The third-order valence-corrected chi connectivity index (χ3v) is 1.49. The molecule has 2 N–H and O–H groups in total. The van der Waals surface area contributed by atoms with Crippen LogP contribution in [0.2, 0.25) is 0 Å². The molecule has 0 saturated carbocycles. The first-order valence-electron chi connectivity index (χ1n) is 2.99. The van der Waals surface area contributed by atoms with Gasteiger partial charge in [0.25, 0.3) is 10.1 Å². The van der Waals surface area contributed by atoms with E-state index in [0.717, 1.165) is 6.26 Å². The van der Waals surface area contributed by atoms with Gasteiger partial charge in [-0.3, -0.25) is 9.02 Å². The summed E-state index contributed by atoms with van der Waals surface area (Å²) in [5, 5.41) is 0. The van der Waals surface area contributed by atoms with E-state index in [1.54, 1.807) is 13.8 Å². The van der Waals surface area contributed by atoms with E-state index < -0.39 is 15.7 Å². The predicted octanol–water partition coefficient (Wildman–Crippen LogP) is -0.368. The van der Waals surface area contributed by atoms with Crippen LogP contribution >= 0.6 is 0 Å². The Kier molecular flexibility index (Phi) is 3.43. The van der Waals surface area contributed by atoms with Crippen molar-refractivity contribution in [2.45, 2.75) is 19.4 Å². The van der Waals surface area contributed by atoms with Gasteiger partial charge in [-0.25, -0.2) is 5.90 Å². The lowest BCUT2D eigenvalue weighted by atomic mass is 10.2. The second kappa shape index (κ2) is 3.48. The van der Waals surface area contributed by atoms with Crippen molar-refractivity contribution in [3.63, 3.8) is 0 Å². The summed E-state index contributed by atoms with van der Waals surface area (Å²) in [6.45, 7) is 3.17. The number of hydrogen-bond donors (Lipinski definition) is 1. The molecule has 0 aromatic heterocycles. The molecular weight excluding hydrogens is 170 g/mol. The Balaban J connectivity index is 3.90. The van der Waals surface area contributed by atoms with Gasteiger partial charge in [-0.2, -0.15) is 8.42 Å². The Labute approximate surface area is 66.6 Å². The van der Waals surface area contributed by atoms with Gasteiger partial charge in [0.05, 0.1) is 12.9 Å². The van der Waals surface area contributed by atoms with Crippen molar-refractivity contribution in [2.75, 3.05) is 12.9 Å². The summed E-state index contributed by atoms with van der Waals surface area (Å²) in [5.74, 6) is 4.86. The van der Waals surface area contributed by atoms with E-state index in [1.807, 2.05) is 0 Å². The van der Waals surface area contributed by atoms with Crippen LogP contribution in [0.4, 0.5) is 0 Å². The van der Waals surface area contributed by atoms with Crippen LogP contribution in [0.15, 0.2) is 0 Å². The summed E-state index contributed by atoms with van der Waals surface area (Å²) in [7, 11) is -3.40. The topological polar surface area (TPSA) is 78.6 Å². The summed E-state index contributed by atoms with van der Waals surface area (Å²) in [4.78, 5) is 4.44. The Bertz CT molecular complexity index is 209. The fourth-order valence-electron chi connectivity index (χ4n) is 0.283. The molecule has 0 spiro atoms. The standard InChI is InChI=1S/C5H13NO4S/c1-5(2,10-6)4-9-11(3,7)8/h4,6H2,1-3H3. The van der Waals surface area contributed by atoms with E-state index >= 15 is 0 Å². The highest BCUT2D eigenvalue weighted by molar-refractivity contribution is 7.85. The summed E-state index contributed by atoms with van der Waals surface area (Å²) in [6, 6.07) is 0. The lowest BCUT2D eigenvalue weighted by Gasteiger charge is -2.20. The van der Waals surface area contributed by atoms with Crippen molar-refractivity contribution in [2.24, 2.45) is 5.90 Å². The molecule has 0 heterocycles. The van der Waals surface area contributed by atoms with Crippen LogP contribution in [0.1, 0.15) is 13.8 Å². The van der Waals surface area contributed by atoms with Gasteiger partial charge in [-0.1, -0.05) is 0 Å². The average molecular weight is 183 g/mol. The van der Waals surface area contributed by atoms with E-state index in [1.165, 1.54) is 0 Å². The summed E-state index contributed by atoms with van der Waals surface area (Å²) in [6.07, 6.45) is 0.972. The molecule has 0 radical (unpaired) electrons. The zero-order chi connectivity index (χ0) is 9.12. The highest BCUT2D eigenvalue weighted by atomic mass is 32.2. The summed E-state index contributed by atoms with van der Waals surface area (Å²) >= 11 is 0. The molecule has 6 heteroatoms. The predicted molar refractivity (Wildman–Crippen MR) is 40.1 cm³/mol. The van der Waals surface area contributed by atoms with E-state index in [9.17, 15) is 8.42 Å². The maximum atomic E-state index is 10.5. The van der Waals surface area contributed by atoms with Crippen molar-refractivity contribution in [1.29, 1.82) is 0 Å². The molecule has 5 nitrogen and oxygen atoms in total. The maximum Gasteiger partial charge on any atom is 0.264 e. The Morgan fingerprint density at radius 3 is 2.18 bits per heavy atom. The van der Waals surface area contributed by atoms with Crippen LogP contribution in [0.5, 0.6) is 0 Å². The van der Waals surface area contributed by atoms with Crippen molar-refractivity contribution in [3.05, 3.63) is 0 Å². The SMILES string of the molecule is CC(C)(COS(C)(=O)=O)ON. The van der Waals surface area contributed by atoms with Crippen molar-refractivity contribution in [3.8, 4) is 0 Å². The number of nitrogens with two attached hydrogens (primary N) is 1. The Hall–Kier alpha value is -0.170. The highest BCUT2D eigenvalue weighted by Crippen LogP contribution is 2.07. The lowest BCUT2D eigenvalue weighted by Crippen LogP contribution is -2.34. The van der Waals surface area contributed by atoms with Gasteiger partial charge in [0, 0.05) is 0 Å². The van der Waals surface area contributed by atoms with E-state index in [-0.39, 0.29) is 6.61 Å². The molecule has 0 bridgehead atoms. The first-order valence-corrected chi connectivity index (χ1v) is 4.81. The quantitative estimate of drug-likeness (QED) is 0.475. The fraction of sp³-hybridized carbons (Fsp3) is 1.00. The minimum Gasteiger partial charge on any atom is -0.296 e. The van der Waals surface area contributed by atoms with Crippen LogP contribution in [-0.2, 0) is 19.1 Å². The minimum atomic E-state index is -3.40. The third-order valence-electron chi connectivity index (χ3n) is 0.940. The second-order valence-corrected chi connectivity index (χ2v) is 4.49. The van der Waals surface area contributed by atoms with Crippen LogP contribution in [0, 0.1) is 0 Å². The molecule has 68 valence electrons. The molecule has 0 amide bonds. The zero-order valence-electron chi connectivity index (χ0n) is 6.83. The van der Waals surface area contributed by atoms with E-state index in [0.29, 0.717) is 0 Å². The molecule has 11 heavy (non-hydrogen) atoms. The number of hydrogen-bond acceptors (Lipinski definition) is 5. The van der Waals surface area contributed by atoms with Crippen molar-refractivity contribution in [1.82, 2.24) is 0 Å². The number of rotatable bonds is 4. The second-order valence-electron chi connectivity index (χ2n) is 2.84. The first kappa shape index (κ1) is 10.8.